The van der Waals surface area contributed by atoms with Gasteiger partial charge in [0.1, 0.15) is 0 Å². The number of hydrogen-bond donors (Lipinski definition) is 1. The number of carbonyl (C=O) groups excluding carboxylic acids is 3. The van der Waals surface area contributed by atoms with E-state index in [0.29, 0.717) is 27.1 Å². The molecule has 0 bridgehead atoms. The quantitative estimate of drug-likeness (QED) is 0.262. The van der Waals surface area contributed by atoms with E-state index in [0.717, 1.165) is 10.8 Å². The second-order valence-electron chi connectivity index (χ2n) is 7.52. The summed E-state index contributed by atoms with van der Waals surface area (Å²) >= 11 is 11.2. The second-order valence-corrected chi connectivity index (χ2v) is 8.45. The number of thiocarbonyl (C=S) groups is 1. The highest BCUT2D eigenvalue weighted by Gasteiger charge is 2.27. The second kappa shape index (κ2) is 7.82. The van der Waals surface area contributed by atoms with Gasteiger partial charge in [0.05, 0.1) is 22.5 Å². The fraction of sp³-hybridized carbons (Fsp3) is 0.0400. The number of benzene rings is 3. The number of Topliss-reactive ketones (excluding diaryl/α,β-unsaturated/α-hetero) is 1. The highest BCUT2D eigenvalue weighted by atomic mass is 35.5. The molecule has 3 aromatic carbocycles. The molecular weight excluding hydrogens is 444 g/mol. The zero-order valence-electron chi connectivity index (χ0n) is 16.6. The van der Waals surface area contributed by atoms with Gasteiger partial charge in [0.2, 0.25) is 0 Å². The third-order valence-electron chi connectivity index (χ3n) is 5.43. The summed E-state index contributed by atoms with van der Waals surface area (Å²) in [5.41, 5.74) is 1.68. The van der Waals surface area contributed by atoms with Gasteiger partial charge in [-0.3, -0.25) is 19.0 Å². The molecule has 0 aliphatic carbocycles. The van der Waals surface area contributed by atoms with Crippen LogP contribution in [0.1, 0.15) is 22.3 Å². The van der Waals surface area contributed by atoms with Crippen molar-refractivity contribution < 1.29 is 14.4 Å². The van der Waals surface area contributed by atoms with Crippen LogP contribution in [0.5, 0.6) is 0 Å². The van der Waals surface area contributed by atoms with Crippen molar-refractivity contribution in [1.82, 2.24) is 9.88 Å². The molecule has 4 aromatic rings. The van der Waals surface area contributed by atoms with Crippen LogP contribution in [0.4, 0.5) is 0 Å². The van der Waals surface area contributed by atoms with Gasteiger partial charge in [-0.05, 0) is 47.2 Å². The zero-order valence-corrected chi connectivity index (χ0v) is 18.2. The van der Waals surface area contributed by atoms with Crippen molar-refractivity contribution in [2.75, 3.05) is 0 Å². The number of halogens is 1. The maximum atomic E-state index is 13.4. The number of amides is 1. The largest absolute Gasteiger partial charge is 0.316 e. The lowest BCUT2D eigenvalue weighted by molar-refractivity contribution is -0.122. The third-order valence-corrected chi connectivity index (χ3v) is 5.91. The Morgan fingerprint density at radius 1 is 1.03 bits per heavy atom. The maximum Gasteiger partial charge on any atom is 0.262 e. The summed E-state index contributed by atoms with van der Waals surface area (Å²) in [7, 11) is 0. The Hall–Kier alpha value is -3.61. The first-order valence-corrected chi connectivity index (χ1v) is 10.6. The molecular formula is C25H15ClN2O3S. The molecule has 1 aliphatic heterocycles. The zero-order chi connectivity index (χ0) is 22.4. The van der Waals surface area contributed by atoms with E-state index in [1.807, 2.05) is 36.4 Å². The monoisotopic (exact) mass is 458 g/mol. The first-order chi connectivity index (χ1) is 15.4. The van der Waals surface area contributed by atoms with E-state index in [-0.39, 0.29) is 28.7 Å². The number of carbonyl (C=O) groups is 3. The Labute approximate surface area is 193 Å². The molecule has 1 saturated heterocycles. The number of fused-ring (bicyclic) bond motifs is 2. The molecule has 5 nitrogen and oxygen atoms in total. The minimum atomic E-state index is -0.546. The van der Waals surface area contributed by atoms with Crippen molar-refractivity contribution in [1.29, 1.82) is 0 Å². The SMILES string of the molecule is O=C1CC(=S)NC(=O)/C1=C\c1cn(C(=O)c2ccc3ccccc3c2)c2ccc(Cl)cc12. The molecule has 1 N–H and O–H groups in total. The van der Waals surface area contributed by atoms with E-state index in [4.69, 9.17) is 23.8 Å². The van der Waals surface area contributed by atoms with Crippen LogP contribution in [0.15, 0.2) is 72.4 Å². The Balaban J connectivity index is 1.65. The lowest BCUT2D eigenvalue weighted by atomic mass is 10.0. The molecule has 7 heteroatoms. The van der Waals surface area contributed by atoms with Gasteiger partial charge in [-0.2, -0.15) is 0 Å². The summed E-state index contributed by atoms with van der Waals surface area (Å²) in [6.45, 7) is 0. The molecule has 156 valence electrons. The van der Waals surface area contributed by atoms with Gasteiger partial charge in [-0.1, -0.05) is 54.2 Å². The van der Waals surface area contributed by atoms with Crippen molar-refractivity contribution in [2.24, 2.45) is 0 Å². The third kappa shape index (κ3) is 3.53. The predicted octanol–water partition coefficient (Wildman–Crippen LogP) is 4.94. The maximum absolute atomic E-state index is 13.4. The number of piperidine rings is 1. The minimum absolute atomic E-state index is 0.00391. The molecule has 0 spiro atoms. The van der Waals surface area contributed by atoms with Crippen molar-refractivity contribution in [3.63, 3.8) is 0 Å². The van der Waals surface area contributed by atoms with E-state index in [1.165, 1.54) is 10.6 Å². The van der Waals surface area contributed by atoms with Crippen molar-refractivity contribution in [2.45, 2.75) is 6.42 Å². The number of nitrogens with zero attached hydrogens (tertiary/aromatic N) is 1. The number of nitrogens with one attached hydrogen (secondary N) is 1. The first kappa shape index (κ1) is 20.3. The van der Waals surface area contributed by atoms with Crippen molar-refractivity contribution >= 4 is 74.2 Å². The summed E-state index contributed by atoms with van der Waals surface area (Å²) in [5.74, 6) is -1.13. The molecule has 2 heterocycles. The van der Waals surface area contributed by atoms with Gasteiger partial charge in [0, 0.05) is 27.7 Å². The highest BCUT2D eigenvalue weighted by molar-refractivity contribution is 7.80. The van der Waals surface area contributed by atoms with E-state index < -0.39 is 5.91 Å². The molecule has 1 aliphatic rings. The first-order valence-electron chi connectivity index (χ1n) is 9.84. The number of rotatable bonds is 2. The van der Waals surface area contributed by atoms with E-state index in [9.17, 15) is 14.4 Å². The van der Waals surface area contributed by atoms with E-state index >= 15 is 0 Å². The van der Waals surface area contributed by atoms with Gasteiger partial charge in [0.25, 0.3) is 11.8 Å². The van der Waals surface area contributed by atoms with Gasteiger partial charge in [-0.15, -0.1) is 0 Å². The van der Waals surface area contributed by atoms with Gasteiger partial charge in [-0.25, -0.2) is 0 Å². The normalized spacial score (nSPS) is 15.5. The Morgan fingerprint density at radius 3 is 2.59 bits per heavy atom. The molecule has 1 aromatic heterocycles. The van der Waals surface area contributed by atoms with Crippen LogP contribution in [0, 0.1) is 0 Å². The molecule has 1 amide bonds. The van der Waals surface area contributed by atoms with E-state index in [1.54, 1.807) is 30.5 Å². The van der Waals surface area contributed by atoms with Gasteiger partial charge < -0.3 is 5.32 Å². The van der Waals surface area contributed by atoms with Crippen LogP contribution in [0.2, 0.25) is 5.02 Å². The number of ketones is 1. The predicted molar refractivity (Wildman–Crippen MR) is 129 cm³/mol. The smallest absolute Gasteiger partial charge is 0.262 e. The molecule has 0 radical (unpaired) electrons. The van der Waals surface area contributed by atoms with Crippen LogP contribution < -0.4 is 5.32 Å². The molecule has 0 unspecified atom stereocenters. The van der Waals surface area contributed by atoms with Gasteiger partial charge in [0.15, 0.2) is 5.78 Å². The Kier molecular flexibility index (Phi) is 4.96. The summed E-state index contributed by atoms with van der Waals surface area (Å²) < 4.78 is 1.51. The molecule has 0 atom stereocenters. The van der Waals surface area contributed by atoms with Gasteiger partial charge >= 0.3 is 0 Å². The topological polar surface area (TPSA) is 68.2 Å². The standard InChI is InChI=1S/C25H15ClN2O3S/c26-18-7-8-21-19(11-18)17(10-20-22(29)12-23(32)27-24(20)30)13-28(21)25(31)16-6-5-14-3-1-2-4-15(14)9-16/h1-11,13H,12H2,(H,27,30,32)/b20-10-. The summed E-state index contributed by atoms with van der Waals surface area (Å²) in [6, 6.07) is 18.5. The van der Waals surface area contributed by atoms with Crippen LogP contribution in [0.3, 0.4) is 0 Å². The van der Waals surface area contributed by atoms with Crippen LogP contribution >= 0.6 is 23.8 Å². The van der Waals surface area contributed by atoms with Crippen molar-refractivity contribution in [3.8, 4) is 0 Å². The average molecular weight is 459 g/mol. The summed E-state index contributed by atoms with van der Waals surface area (Å²) in [6.07, 6.45) is 3.09. The molecule has 5 rings (SSSR count). The van der Waals surface area contributed by atoms with Crippen LogP contribution in [-0.4, -0.2) is 27.2 Å². The van der Waals surface area contributed by atoms with Crippen LogP contribution in [0.25, 0.3) is 27.8 Å². The van der Waals surface area contributed by atoms with E-state index in [2.05, 4.69) is 5.32 Å². The lowest BCUT2D eigenvalue weighted by Gasteiger charge is -2.14. The molecule has 0 saturated carbocycles. The van der Waals surface area contributed by atoms with Crippen molar-refractivity contribution in [3.05, 3.63) is 88.6 Å². The molecule has 32 heavy (non-hydrogen) atoms. The number of hydrogen-bond acceptors (Lipinski definition) is 4. The van der Waals surface area contributed by atoms with Crippen LogP contribution in [-0.2, 0) is 9.59 Å². The summed E-state index contributed by atoms with van der Waals surface area (Å²) in [5, 5.41) is 5.65. The highest BCUT2D eigenvalue weighted by Crippen LogP contribution is 2.29. The molecule has 1 fully saturated rings. The average Bonchev–Trinajstić information content (AvgIpc) is 3.12. The Morgan fingerprint density at radius 2 is 1.81 bits per heavy atom. The minimum Gasteiger partial charge on any atom is -0.316 e. The number of aromatic nitrogens is 1. The fourth-order valence-corrected chi connectivity index (χ4v) is 4.28. The Bertz CT molecular complexity index is 1490. The lowest BCUT2D eigenvalue weighted by Crippen LogP contribution is -2.39. The summed E-state index contributed by atoms with van der Waals surface area (Å²) in [4.78, 5) is 38.3. The fourth-order valence-electron chi connectivity index (χ4n) is 3.88.